The van der Waals surface area contributed by atoms with Gasteiger partial charge in [-0.1, -0.05) is 23.8 Å². The molecule has 2 aromatic rings. The van der Waals surface area contributed by atoms with Crippen LogP contribution in [0.25, 0.3) is 6.08 Å². The molecule has 0 N–H and O–H groups in total. The Balaban J connectivity index is 1.60. The molecule has 1 fully saturated rings. The maximum absolute atomic E-state index is 13.7. The molecule has 2 aliphatic rings. The summed E-state index contributed by atoms with van der Waals surface area (Å²) in [6, 6.07) is 9.47. The van der Waals surface area contributed by atoms with Gasteiger partial charge in [0.15, 0.2) is 12.5 Å². The van der Waals surface area contributed by atoms with Crippen LogP contribution in [0.15, 0.2) is 36.4 Å². The summed E-state index contributed by atoms with van der Waals surface area (Å²) in [5, 5.41) is 9.64. The molecule has 47 heavy (non-hydrogen) atoms. The number of hydrogen-bond acceptors (Lipinski definition) is 10. The Morgan fingerprint density at radius 1 is 1.13 bits per heavy atom. The quantitative estimate of drug-likeness (QED) is 0.225. The van der Waals surface area contributed by atoms with Gasteiger partial charge in [0.1, 0.15) is 23.2 Å². The van der Waals surface area contributed by atoms with E-state index in [-0.39, 0.29) is 37.0 Å². The van der Waals surface area contributed by atoms with Crippen LogP contribution in [0.4, 0.5) is 10.5 Å². The van der Waals surface area contributed by atoms with Gasteiger partial charge in [-0.3, -0.25) is 9.10 Å². The molecule has 1 saturated heterocycles. The molecule has 1 amide bonds. The van der Waals surface area contributed by atoms with Crippen molar-refractivity contribution >= 4 is 45.5 Å². The number of esters is 1. The molecule has 0 aromatic heterocycles. The molecule has 1 atom stereocenters. The van der Waals surface area contributed by atoms with E-state index in [4.69, 9.17) is 35.3 Å². The molecule has 2 heterocycles. The topological polar surface area (TPSA) is 145 Å². The molecule has 0 radical (unpaired) electrons. The second-order valence-corrected chi connectivity index (χ2v) is 14.4. The van der Waals surface area contributed by atoms with Crippen molar-refractivity contribution < 1.29 is 41.7 Å². The predicted octanol–water partition coefficient (Wildman–Crippen LogP) is 5.31. The summed E-state index contributed by atoms with van der Waals surface area (Å²) in [6.07, 6.45) is 4.15. The van der Waals surface area contributed by atoms with Gasteiger partial charge in [-0.15, -0.1) is 0 Å². The first-order valence-corrected chi connectivity index (χ1v) is 17.2. The molecule has 0 spiro atoms. The number of nitriles is 1. The zero-order valence-electron chi connectivity index (χ0n) is 27.2. The van der Waals surface area contributed by atoms with E-state index in [0.717, 1.165) is 0 Å². The highest BCUT2D eigenvalue weighted by Crippen LogP contribution is 2.42. The smallest absolute Gasteiger partial charge is 0.410 e. The number of ether oxygens (including phenoxy) is 5. The van der Waals surface area contributed by atoms with Crippen LogP contribution in [0, 0.1) is 11.3 Å². The molecule has 0 saturated carbocycles. The minimum atomic E-state index is -4.21. The first-order valence-electron chi connectivity index (χ1n) is 15.2. The van der Waals surface area contributed by atoms with Gasteiger partial charge in [0.25, 0.3) is 0 Å². The van der Waals surface area contributed by atoms with E-state index >= 15 is 0 Å². The third-order valence-corrected chi connectivity index (χ3v) is 9.33. The van der Waals surface area contributed by atoms with Crippen LogP contribution >= 0.6 is 11.6 Å². The normalized spacial score (nSPS) is 16.9. The lowest BCUT2D eigenvalue weighted by atomic mass is 10.1. The van der Waals surface area contributed by atoms with Crippen LogP contribution in [0.2, 0.25) is 5.02 Å². The summed E-state index contributed by atoms with van der Waals surface area (Å²) < 4.78 is 55.9. The Morgan fingerprint density at radius 3 is 2.49 bits per heavy atom. The van der Waals surface area contributed by atoms with E-state index in [1.165, 1.54) is 17.5 Å². The average molecular weight is 690 g/mol. The zero-order chi connectivity index (χ0) is 34.4. The van der Waals surface area contributed by atoms with E-state index in [9.17, 15) is 23.3 Å². The van der Waals surface area contributed by atoms with Gasteiger partial charge in [0.2, 0.25) is 10.0 Å². The minimum Gasteiger partial charge on any atom is -0.489 e. The monoisotopic (exact) mass is 689 g/mol. The third-order valence-electron chi connectivity index (χ3n) is 7.36. The lowest BCUT2D eigenvalue weighted by molar-refractivity contribution is -0.139. The molecule has 0 aliphatic carbocycles. The van der Waals surface area contributed by atoms with Crippen LogP contribution in [0.5, 0.6) is 11.5 Å². The van der Waals surface area contributed by atoms with Gasteiger partial charge < -0.3 is 28.6 Å². The van der Waals surface area contributed by atoms with Gasteiger partial charge >= 0.3 is 12.1 Å². The van der Waals surface area contributed by atoms with Gasteiger partial charge in [0, 0.05) is 38.6 Å². The number of methoxy groups -OCH3 is 1. The molecule has 2 aliphatic heterocycles. The second kappa shape index (κ2) is 15.3. The number of carbonyl (C=O) groups is 2. The molecule has 14 heteroatoms. The van der Waals surface area contributed by atoms with E-state index in [1.807, 2.05) is 20.8 Å². The van der Waals surface area contributed by atoms with Gasteiger partial charge in [-0.25, -0.2) is 13.2 Å². The number of fused-ring (bicyclic) bond motifs is 1. The fourth-order valence-electron chi connectivity index (χ4n) is 5.33. The summed E-state index contributed by atoms with van der Waals surface area (Å²) >= 11 is 6.67. The molecule has 4 rings (SSSR count). The largest absolute Gasteiger partial charge is 0.489 e. The zero-order valence-corrected chi connectivity index (χ0v) is 28.7. The fraction of sp³-hybridized carbons (Fsp3) is 0.485. The number of amides is 1. The van der Waals surface area contributed by atoms with Crippen LogP contribution in [0.3, 0.4) is 0 Å². The standard InChI is InChI=1S/C33H40ClN3O9S/c1-6-43-31(38)20-47(40,41)37-25(9-8-23-15-22(19-35)7-10-29(23)44-21-42-5)16-24-17-30(27(34)18-28(24)37)45-26-11-13-36(14-12-26)32(39)46-33(2,3)4/h7-10,15,17-18,25-26H,6,11-14,16,20-21H2,1-5H3/b9-8+. The van der Waals surface area contributed by atoms with Crippen molar-refractivity contribution in [2.24, 2.45) is 0 Å². The molecule has 254 valence electrons. The van der Waals surface area contributed by atoms with Crippen molar-refractivity contribution in [1.82, 2.24) is 4.90 Å². The van der Waals surface area contributed by atoms with Crippen LogP contribution in [-0.4, -0.2) is 82.5 Å². The van der Waals surface area contributed by atoms with Crippen molar-refractivity contribution in [1.29, 1.82) is 5.26 Å². The van der Waals surface area contributed by atoms with E-state index in [1.54, 1.807) is 48.2 Å². The SMILES string of the molecule is CCOC(=O)CS(=O)(=O)N1c2cc(Cl)c(OC3CCN(C(=O)OC(C)(C)C)CC3)cc2CC1/C=C/c1cc(C#N)ccc1OCOC. The number of hydrogen-bond donors (Lipinski definition) is 0. The lowest BCUT2D eigenvalue weighted by Gasteiger charge is -2.33. The summed E-state index contributed by atoms with van der Waals surface area (Å²) in [5.74, 6) is -0.895. The second-order valence-electron chi connectivity index (χ2n) is 12.1. The highest BCUT2D eigenvalue weighted by molar-refractivity contribution is 7.93. The number of anilines is 1. The van der Waals surface area contributed by atoms with Gasteiger partial charge in [-0.2, -0.15) is 5.26 Å². The van der Waals surface area contributed by atoms with Crippen molar-refractivity contribution in [3.8, 4) is 17.6 Å². The number of nitrogens with zero attached hydrogens (tertiary/aromatic N) is 3. The number of benzene rings is 2. The number of sulfonamides is 1. The van der Waals surface area contributed by atoms with Crippen molar-refractivity contribution in [2.75, 3.05) is 43.7 Å². The summed E-state index contributed by atoms with van der Waals surface area (Å²) in [6.45, 7) is 7.99. The molecular formula is C33H40ClN3O9S. The first kappa shape index (κ1) is 35.9. The number of piperidine rings is 1. The number of rotatable bonds is 11. The van der Waals surface area contributed by atoms with Gasteiger partial charge in [0.05, 0.1) is 35.0 Å². The fourth-order valence-corrected chi connectivity index (χ4v) is 7.08. The molecule has 1 unspecified atom stereocenters. The average Bonchev–Trinajstić information content (AvgIpc) is 3.36. The highest BCUT2D eigenvalue weighted by atomic mass is 35.5. The highest BCUT2D eigenvalue weighted by Gasteiger charge is 2.39. The Morgan fingerprint density at radius 2 is 1.85 bits per heavy atom. The maximum Gasteiger partial charge on any atom is 0.410 e. The first-order chi connectivity index (χ1) is 22.2. The van der Waals surface area contributed by atoms with Crippen molar-refractivity contribution in [2.45, 2.75) is 64.7 Å². The summed E-state index contributed by atoms with van der Waals surface area (Å²) in [4.78, 5) is 26.4. The Labute approximate surface area is 280 Å². The molecule has 2 aromatic carbocycles. The van der Waals surface area contributed by atoms with E-state index in [0.29, 0.717) is 59.8 Å². The molecule has 0 bridgehead atoms. The van der Waals surface area contributed by atoms with Crippen molar-refractivity contribution in [3.05, 3.63) is 58.1 Å². The summed E-state index contributed by atoms with van der Waals surface area (Å²) in [7, 11) is -2.73. The predicted molar refractivity (Wildman–Crippen MR) is 176 cm³/mol. The Bertz CT molecular complexity index is 1640. The van der Waals surface area contributed by atoms with E-state index < -0.39 is 33.4 Å². The Hall–Kier alpha value is -3.99. The lowest BCUT2D eigenvalue weighted by Crippen LogP contribution is -2.44. The molecule has 12 nitrogen and oxygen atoms in total. The summed E-state index contributed by atoms with van der Waals surface area (Å²) in [5.41, 5.74) is 1.32. The van der Waals surface area contributed by atoms with Crippen LogP contribution in [-0.2, 0) is 35.4 Å². The maximum atomic E-state index is 13.7. The van der Waals surface area contributed by atoms with Crippen LogP contribution in [0.1, 0.15) is 57.2 Å². The number of likely N-dealkylation sites (tertiary alicyclic amines) is 1. The molecular weight excluding hydrogens is 650 g/mol. The van der Waals surface area contributed by atoms with Gasteiger partial charge in [-0.05, 0) is 70.0 Å². The van der Waals surface area contributed by atoms with Crippen LogP contribution < -0.4 is 13.8 Å². The Kier molecular flexibility index (Phi) is 11.7. The number of halogens is 1. The third kappa shape index (κ3) is 9.31. The number of carbonyl (C=O) groups excluding carboxylic acids is 2. The van der Waals surface area contributed by atoms with Crippen molar-refractivity contribution in [3.63, 3.8) is 0 Å². The van der Waals surface area contributed by atoms with E-state index in [2.05, 4.69) is 6.07 Å². The minimum absolute atomic E-state index is 0.0248.